The first-order chi connectivity index (χ1) is 9.11. The van der Waals surface area contributed by atoms with Crippen molar-refractivity contribution in [2.45, 2.75) is 89.8 Å². The molecule has 3 nitrogen and oxygen atoms in total. The molecule has 4 unspecified atom stereocenters. The van der Waals surface area contributed by atoms with Gasteiger partial charge in [0.25, 0.3) is 0 Å². The summed E-state index contributed by atoms with van der Waals surface area (Å²) in [5.74, 6) is 1.07. The Morgan fingerprint density at radius 2 is 2.05 bits per heavy atom. The third-order valence-electron chi connectivity index (χ3n) is 5.13. The lowest BCUT2D eigenvalue weighted by Crippen LogP contribution is -2.40. The normalized spacial score (nSPS) is 35.6. The largest absolute Gasteiger partial charge is 0.337 e. The van der Waals surface area contributed by atoms with E-state index in [1.54, 1.807) is 0 Å². The van der Waals surface area contributed by atoms with Crippen LogP contribution in [0.3, 0.4) is 0 Å². The van der Waals surface area contributed by atoms with E-state index in [0.717, 1.165) is 25.7 Å². The van der Waals surface area contributed by atoms with E-state index < -0.39 is 0 Å². The van der Waals surface area contributed by atoms with Crippen LogP contribution >= 0.6 is 0 Å². The fraction of sp³-hybridized carbons (Fsp3) is 0.938. The van der Waals surface area contributed by atoms with Gasteiger partial charge in [-0.1, -0.05) is 19.8 Å². The second kappa shape index (κ2) is 6.74. The van der Waals surface area contributed by atoms with Crippen LogP contribution in [-0.2, 0) is 4.79 Å². The van der Waals surface area contributed by atoms with Crippen molar-refractivity contribution in [3.63, 3.8) is 0 Å². The van der Waals surface area contributed by atoms with E-state index in [0.29, 0.717) is 30.0 Å². The predicted octanol–water partition coefficient (Wildman–Crippen LogP) is 3.07. The molecule has 1 aliphatic carbocycles. The van der Waals surface area contributed by atoms with E-state index in [2.05, 4.69) is 18.7 Å². The molecule has 0 aromatic rings. The molecule has 110 valence electrons. The minimum Gasteiger partial charge on any atom is -0.337 e. The summed E-state index contributed by atoms with van der Waals surface area (Å²) in [6, 6.07) is 1.32. The van der Waals surface area contributed by atoms with Gasteiger partial charge in [0.1, 0.15) is 0 Å². The maximum absolute atomic E-state index is 12.4. The number of carbonyl (C=O) groups is 1. The third-order valence-corrected chi connectivity index (χ3v) is 5.13. The first-order valence-corrected chi connectivity index (χ1v) is 8.18. The van der Waals surface area contributed by atoms with Crippen molar-refractivity contribution in [3.05, 3.63) is 0 Å². The lowest BCUT2D eigenvalue weighted by Gasteiger charge is -2.30. The Bertz CT molecular complexity index is 305. The highest BCUT2D eigenvalue weighted by Gasteiger charge is 2.33. The van der Waals surface area contributed by atoms with Crippen LogP contribution in [-0.4, -0.2) is 28.9 Å². The summed E-state index contributed by atoms with van der Waals surface area (Å²) in [5.41, 5.74) is 6.02. The molecule has 1 saturated carbocycles. The van der Waals surface area contributed by atoms with Crippen molar-refractivity contribution < 1.29 is 4.79 Å². The molecule has 2 rings (SSSR count). The minimum atomic E-state index is 0.378. The Balaban J connectivity index is 1.80. The lowest BCUT2D eigenvalue weighted by molar-refractivity contribution is -0.134. The molecule has 1 aliphatic heterocycles. The molecule has 4 atom stereocenters. The molecule has 0 aromatic heterocycles. The first kappa shape index (κ1) is 14.8. The molecule has 0 aromatic carbocycles. The summed E-state index contributed by atoms with van der Waals surface area (Å²) in [5, 5.41) is 0. The zero-order valence-corrected chi connectivity index (χ0v) is 12.6. The van der Waals surface area contributed by atoms with Crippen molar-refractivity contribution in [2.75, 3.05) is 0 Å². The molecule has 0 spiro atoms. The first-order valence-electron chi connectivity index (χ1n) is 8.18. The number of carbonyl (C=O) groups excluding carboxylic acids is 1. The average Bonchev–Trinajstić information content (AvgIpc) is 2.77. The Labute approximate surface area is 117 Å². The number of hydrogen-bond acceptors (Lipinski definition) is 2. The molecule has 2 aliphatic rings. The van der Waals surface area contributed by atoms with Gasteiger partial charge in [-0.05, 0) is 51.4 Å². The Morgan fingerprint density at radius 3 is 2.74 bits per heavy atom. The number of nitrogens with two attached hydrogens (primary N) is 1. The van der Waals surface area contributed by atoms with Crippen LogP contribution in [0.1, 0.15) is 71.6 Å². The SMILES string of the molecule is CCC1CCC(C)N1C(=O)CCC1CCCC(N)C1. The summed E-state index contributed by atoms with van der Waals surface area (Å²) in [4.78, 5) is 14.6. The van der Waals surface area contributed by atoms with Crippen LogP contribution in [0.2, 0.25) is 0 Å². The Morgan fingerprint density at radius 1 is 1.26 bits per heavy atom. The number of hydrogen-bond donors (Lipinski definition) is 1. The number of likely N-dealkylation sites (tertiary alicyclic amines) is 1. The van der Waals surface area contributed by atoms with Crippen molar-refractivity contribution in [1.29, 1.82) is 0 Å². The molecular formula is C16H30N2O. The molecule has 19 heavy (non-hydrogen) atoms. The molecular weight excluding hydrogens is 236 g/mol. The monoisotopic (exact) mass is 266 g/mol. The topological polar surface area (TPSA) is 46.3 Å². The Kier molecular flexibility index (Phi) is 5.26. The van der Waals surface area contributed by atoms with Gasteiger partial charge in [-0.15, -0.1) is 0 Å². The van der Waals surface area contributed by atoms with Crippen molar-refractivity contribution >= 4 is 5.91 Å². The van der Waals surface area contributed by atoms with E-state index in [1.807, 2.05) is 0 Å². The van der Waals surface area contributed by atoms with Crippen LogP contribution in [0.25, 0.3) is 0 Å². The van der Waals surface area contributed by atoms with Crippen molar-refractivity contribution in [2.24, 2.45) is 11.7 Å². The van der Waals surface area contributed by atoms with Crippen LogP contribution < -0.4 is 5.73 Å². The van der Waals surface area contributed by atoms with Gasteiger partial charge >= 0.3 is 0 Å². The zero-order valence-electron chi connectivity index (χ0n) is 12.6. The molecule has 1 heterocycles. The Hall–Kier alpha value is -0.570. The van der Waals surface area contributed by atoms with Gasteiger partial charge in [0.2, 0.25) is 5.91 Å². The van der Waals surface area contributed by atoms with E-state index in [-0.39, 0.29) is 0 Å². The second-order valence-corrected chi connectivity index (χ2v) is 6.62. The summed E-state index contributed by atoms with van der Waals surface area (Å²) in [7, 11) is 0. The summed E-state index contributed by atoms with van der Waals surface area (Å²) >= 11 is 0. The fourth-order valence-corrected chi connectivity index (χ4v) is 3.97. The highest BCUT2D eigenvalue weighted by Crippen LogP contribution is 2.30. The van der Waals surface area contributed by atoms with E-state index in [1.165, 1.54) is 32.1 Å². The second-order valence-electron chi connectivity index (χ2n) is 6.62. The maximum atomic E-state index is 12.4. The third kappa shape index (κ3) is 3.71. The van der Waals surface area contributed by atoms with Gasteiger partial charge in [0, 0.05) is 24.5 Å². The lowest BCUT2D eigenvalue weighted by atomic mass is 9.83. The minimum absolute atomic E-state index is 0.378. The highest BCUT2D eigenvalue weighted by atomic mass is 16.2. The van der Waals surface area contributed by atoms with Gasteiger partial charge < -0.3 is 10.6 Å². The number of amides is 1. The van der Waals surface area contributed by atoms with Crippen molar-refractivity contribution in [3.8, 4) is 0 Å². The molecule has 3 heteroatoms. The number of rotatable bonds is 4. The maximum Gasteiger partial charge on any atom is 0.223 e. The fourth-order valence-electron chi connectivity index (χ4n) is 3.97. The summed E-state index contributed by atoms with van der Waals surface area (Å²) in [6.07, 6.45) is 10.1. The van der Waals surface area contributed by atoms with Gasteiger partial charge in [0.05, 0.1) is 0 Å². The predicted molar refractivity (Wildman–Crippen MR) is 78.8 cm³/mol. The highest BCUT2D eigenvalue weighted by molar-refractivity contribution is 5.77. The molecule has 2 N–H and O–H groups in total. The molecule has 0 radical (unpaired) electrons. The van der Waals surface area contributed by atoms with Crippen LogP contribution in [0, 0.1) is 5.92 Å². The smallest absolute Gasteiger partial charge is 0.223 e. The average molecular weight is 266 g/mol. The zero-order chi connectivity index (χ0) is 13.8. The summed E-state index contributed by atoms with van der Waals surface area (Å²) < 4.78 is 0. The van der Waals surface area contributed by atoms with Gasteiger partial charge in [-0.2, -0.15) is 0 Å². The quantitative estimate of drug-likeness (QED) is 0.850. The summed E-state index contributed by atoms with van der Waals surface area (Å²) in [6.45, 7) is 4.40. The number of nitrogens with zero attached hydrogens (tertiary/aromatic N) is 1. The molecule has 1 saturated heterocycles. The standard InChI is InChI=1S/C16H30N2O/c1-3-15-9-7-12(2)18(15)16(19)10-8-13-5-4-6-14(17)11-13/h12-15H,3-11,17H2,1-2H3. The molecule has 1 amide bonds. The van der Waals surface area contributed by atoms with E-state index >= 15 is 0 Å². The van der Waals surface area contributed by atoms with Crippen LogP contribution in [0.5, 0.6) is 0 Å². The van der Waals surface area contributed by atoms with Crippen molar-refractivity contribution in [1.82, 2.24) is 4.90 Å². The van der Waals surface area contributed by atoms with E-state index in [9.17, 15) is 4.79 Å². The van der Waals surface area contributed by atoms with Gasteiger partial charge in [0.15, 0.2) is 0 Å². The van der Waals surface area contributed by atoms with Crippen LogP contribution in [0.15, 0.2) is 0 Å². The van der Waals surface area contributed by atoms with Gasteiger partial charge in [-0.3, -0.25) is 4.79 Å². The molecule has 2 fully saturated rings. The van der Waals surface area contributed by atoms with Crippen LogP contribution in [0.4, 0.5) is 0 Å². The van der Waals surface area contributed by atoms with Gasteiger partial charge in [-0.25, -0.2) is 0 Å². The molecule has 0 bridgehead atoms. The van der Waals surface area contributed by atoms with E-state index in [4.69, 9.17) is 5.73 Å².